The van der Waals surface area contributed by atoms with Crippen molar-refractivity contribution in [1.29, 1.82) is 0 Å². The molecule has 7 nitrogen and oxygen atoms in total. The SMILES string of the molecule is Cc1ccc(-n2c(SCC(=O)Nc3cccc4ccccc34)nnc2N2CCOCC2)cc1. The van der Waals surface area contributed by atoms with E-state index in [1.54, 1.807) is 0 Å². The van der Waals surface area contributed by atoms with Gasteiger partial charge in [0.1, 0.15) is 0 Å². The lowest BCUT2D eigenvalue weighted by atomic mass is 10.1. The van der Waals surface area contributed by atoms with Gasteiger partial charge in [-0.25, -0.2) is 0 Å². The number of morpholine rings is 1. The molecule has 1 aliphatic heterocycles. The summed E-state index contributed by atoms with van der Waals surface area (Å²) in [6, 6.07) is 22.2. The van der Waals surface area contributed by atoms with Gasteiger partial charge in [-0.15, -0.1) is 10.2 Å². The van der Waals surface area contributed by atoms with Crippen LogP contribution in [0, 0.1) is 6.92 Å². The zero-order valence-corrected chi connectivity index (χ0v) is 19.2. The summed E-state index contributed by atoms with van der Waals surface area (Å²) in [5.41, 5.74) is 2.97. The summed E-state index contributed by atoms with van der Waals surface area (Å²) in [7, 11) is 0. The molecule has 1 aromatic heterocycles. The first kappa shape index (κ1) is 21.5. The predicted octanol–water partition coefficient (Wildman–Crippen LogP) is 4.30. The summed E-state index contributed by atoms with van der Waals surface area (Å²) < 4.78 is 7.53. The number of benzene rings is 3. The van der Waals surface area contributed by atoms with E-state index in [0.717, 1.165) is 41.2 Å². The molecule has 2 heterocycles. The maximum atomic E-state index is 12.8. The lowest BCUT2D eigenvalue weighted by Gasteiger charge is -2.28. The molecule has 168 valence electrons. The molecular weight excluding hydrogens is 434 g/mol. The molecule has 0 radical (unpaired) electrons. The minimum Gasteiger partial charge on any atom is -0.378 e. The number of fused-ring (bicyclic) bond motifs is 1. The van der Waals surface area contributed by atoms with Gasteiger partial charge < -0.3 is 15.0 Å². The maximum absolute atomic E-state index is 12.8. The molecule has 1 N–H and O–H groups in total. The summed E-state index contributed by atoms with van der Waals surface area (Å²) in [4.78, 5) is 15.0. The number of amides is 1. The molecule has 0 bridgehead atoms. The Morgan fingerprint density at radius 1 is 1.00 bits per heavy atom. The monoisotopic (exact) mass is 459 g/mol. The van der Waals surface area contributed by atoms with Crippen molar-refractivity contribution >= 4 is 40.1 Å². The van der Waals surface area contributed by atoms with Gasteiger partial charge in [-0.1, -0.05) is 65.9 Å². The number of hydrogen-bond donors (Lipinski definition) is 1. The van der Waals surface area contributed by atoms with Crippen LogP contribution in [0.15, 0.2) is 71.9 Å². The fraction of sp³-hybridized carbons (Fsp3) is 0.240. The van der Waals surface area contributed by atoms with E-state index in [2.05, 4.69) is 51.6 Å². The second kappa shape index (κ2) is 9.64. The minimum atomic E-state index is -0.0808. The molecule has 0 aliphatic carbocycles. The first-order chi connectivity index (χ1) is 16.2. The second-order valence-corrected chi connectivity index (χ2v) is 8.86. The third kappa shape index (κ3) is 4.72. The second-order valence-electron chi connectivity index (χ2n) is 7.92. The molecule has 0 spiro atoms. The zero-order chi connectivity index (χ0) is 22.6. The van der Waals surface area contributed by atoms with Crippen molar-refractivity contribution in [3.63, 3.8) is 0 Å². The molecule has 3 aromatic carbocycles. The van der Waals surface area contributed by atoms with Crippen LogP contribution in [0.1, 0.15) is 5.56 Å². The van der Waals surface area contributed by atoms with Gasteiger partial charge >= 0.3 is 0 Å². The molecule has 33 heavy (non-hydrogen) atoms. The predicted molar refractivity (Wildman–Crippen MR) is 132 cm³/mol. The number of carbonyl (C=O) groups is 1. The highest BCUT2D eigenvalue weighted by atomic mass is 32.2. The quantitative estimate of drug-likeness (QED) is 0.434. The van der Waals surface area contributed by atoms with E-state index in [1.807, 2.05) is 47.0 Å². The van der Waals surface area contributed by atoms with Crippen LogP contribution in [0.3, 0.4) is 0 Å². The van der Waals surface area contributed by atoms with E-state index in [0.29, 0.717) is 18.4 Å². The number of anilines is 2. The highest BCUT2D eigenvalue weighted by Gasteiger charge is 2.22. The average Bonchev–Trinajstić information content (AvgIpc) is 3.28. The minimum absolute atomic E-state index is 0.0808. The fourth-order valence-electron chi connectivity index (χ4n) is 3.89. The van der Waals surface area contributed by atoms with E-state index in [4.69, 9.17) is 4.74 Å². The fourth-order valence-corrected chi connectivity index (χ4v) is 4.64. The topological polar surface area (TPSA) is 72.3 Å². The van der Waals surface area contributed by atoms with Crippen LogP contribution in [0.25, 0.3) is 16.5 Å². The molecule has 4 aromatic rings. The Balaban J connectivity index is 1.37. The molecule has 1 amide bonds. The van der Waals surface area contributed by atoms with Crippen molar-refractivity contribution in [3.8, 4) is 5.69 Å². The van der Waals surface area contributed by atoms with Crippen LogP contribution in [0.2, 0.25) is 0 Å². The molecule has 1 saturated heterocycles. The van der Waals surface area contributed by atoms with Gasteiger partial charge in [0.05, 0.1) is 24.7 Å². The number of ether oxygens (including phenoxy) is 1. The van der Waals surface area contributed by atoms with Gasteiger partial charge in [0.25, 0.3) is 0 Å². The van der Waals surface area contributed by atoms with Crippen molar-refractivity contribution in [2.24, 2.45) is 0 Å². The zero-order valence-electron chi connectivity index (χ0n) is 18.4. The van der Waals surface area contributed by atoms with Crippen molar-refractivity contribution in [1.82, 2.24) is 14.8 Å². The van der Waals surface area contributed by atoms with Gasteiger partial charge in [0.2, 0.25) is 11.9 Å². The number of hydrogen-bond acceptors (Lipinski definition) is 6. The Kier molecular flexibility index (Phi) is 6.28. The molecule has 1 fully saturated rings. The number of nitrogens with zero attached hydrogens (tertiary/aromatic N) is 4. The van der Waals surface area contributed by atoms with E-state index >= 15 is 0 Å². The van der Waals surface area contributed by atoms with Crippen LogP contribution >= 0.6 is 11.8 Å². The molecule has 5 rings (SSSR count). The number of thioether (sulfide) groups is 1. The highest BCUT2D eigenvalue weighted by Crippen LogP contribution is 2.28. The Morgan fingerprint density at radius 3 is 2.58 bits per heavy atom. The van der Waals surface area contributed by atoms with E-state index in [1.165, 1.54) is 17.3 Å². The summed E-state index contributed by atoms with van der Waals surface area (Å²) in [6.45, 7) is 4.91. The Morgan fingerprint density at radius 2 is 1.76 bits per heavy atom. The molecule has 8 heteroatoms. The summed E-state index contributed by atoms with van der Waals surface area (Å²) in [5, 5.41) is 14.8. The molecule has 0 saturated carbocycles. The largest absolute Gasteiger partial charge is 0.378 e. The van der Waals surface area contributed by atoms with Crippen LogP contribution in [-0.2, 0) is 9.53 Å². The van der Waals surface area contributed by atoms with Crippen LogP contribution in [0.5, 0.6) is 0 Å². The highest BCUT2D eigenvalue weighted by molar-refractivity contribution is 7.99. The van der Waals surface area contributed by atoms with Crippen molar-refractivity contribution in [2.45, 2.75) is 12.1 Å². The van der Waals surface area contributed by atoms with E-state index in [9.17, 15) is 4.79 Å². The number of rotatable bonds is 6. The lowest BCUT2D eigenvalue weighted by molar-refractivity contribution is -0.113. The molecular formula is C25H25N5O2S. The van der Waals surface area contributed by atoms with Crippen LogP contribution < -0.4 is 10.2 Å². The first-order valence-electron chi connectivity index (χ1n) is 10.9. The Bertz CT molecular complexity index is 1260. The van der Waals surface area contributed by atoms with Crippen LogP contribution in [0.4, 0.5) is 11.6 Å². The van der Waals surface area contributed by atoms with Crippen LogP contribution in [-0.4, -0.2) is 52.7 Å². The number of carbonyl (C=O) groups excluding carboxylic acids is 1. The van der Waals surface area contributed by atoms with Gasteiger partial charge in [-0.2, -0.15) is 0 Å². The Labute approximate surface area is 196 Å². The number of nitrogens with one attached hydrogen (secondary N) is 1. The first-order valence-corrected chi connectivity index (χ1v) is 11.9. The summed E-state index contributed by atoms with van der Waals surface area (Å²) in [6.07, 6.45) is 0. The standard InChI is InChI=1S/C25H25N5O2S/c1-18-9-11-20(12-10-18)30-24(29-13-15-32-16-14-29)27-28-25(30)33-17-23(31)26-22-8-4-6-19-5-2-3-7-21(19)22/h2-12H,13-17H2,1H3,(H,26,31). The average molecular weight is 460 g/mol. The van der Waals surface area contributed by atoms with E-state index in [-0.39, 0.29) is 11.7 Å². The van der Waals surface area contributed by atoms with Gasteiger partial charge in [0, 0.05) is 24.2 Å². The number of aryl methyl sites for hydroxylation is 1. The molecule has 0 atom stereocenters. The van der Waals surface area contributed by atoms with Gasteiger partial charge in [0.15, 0.2) is 5.16 Å². The summed E-state index contributed by atoms with van der Waals surface area (Å²) >= 11 is 1.38. The number of aromatic nitrogens is 3. The third-order valence-electron chi connectivity index (χ3n) is 5.60. The molecule has 1 aliphatic rings. The Hall–Kier alpha value is -3.36. The lowest BCUT2D eigenvalue weighted by Crippen LogP contribution is -2.37. The van der Waals surface area contributed by atoms with E-state index < -0.39 is 0 Å². The van der Waals surface area contributed by atoms with Crippen molar-refractivity contribution < 1.29 is 9.53 Å². The van der Waals surface area contributed by atoms with Gasteiger partial charge in [-0.3, -0.25) is 9.36 Å². The smallest absolute Gasteiger partial charge is 0.234 e. The van der Waals surface area contributed by atoms with Crippen molar-refractivity contribution in [3.05, 3.63) is 72.3 Å². The molecule has 0 unspecified atom stereocenters. The normalized spacial score (nSPS) is 13.9. The van der Waals surface area contributed by atoms with Gasteiger partial charge in [-0.05, 0) is 30.5 Å². The third-order valence-corrected chi connectivity index (χ3v) is 6.53. The van der Waals surface area contributed by atoms with Crippen molar-refractivity contribution in [2.75, 3.05) is 42.3 Å². The maximum Gasteiger partial charge on any atom is 0.234 e. The summed E-state index contributed by atoms with van der Waals surface area (Å²) in [5.74, 6) is 0.929.